The number of carbonyl (C=O) groups excluding carboxylic acids is 1. The van der Waals surface area contributed by atoms with Crippen molar-refractivity contribution in [1.82, 2.24) is 5.32 Å². The monoisotopic (exact) mass is 297 g/mol. The van der Waals surface area contributed by atoms with E-state index in [-0.39, 0.29) is 18.1 Å². The number of carbonyl (C=O) groups is 1. The van der Waals surface area contributed by atoms with Crippen molar-refractivity contribution in [2.24, 2.45) is 0 Å². The maximum atomic E-state index is 12.3. The minimum Gasteiger partial charge on any atom is -0.378 e. The molecule has 1 saturated heterocycles. The van der Waals surface area contributed by atoms with Crippen LogP contribution in [-0.4, -0.2) is 36.9 Å². The maximum Gasteiger partial charge on any atom is 0.249 e. The first-order valence-electron chi connectivity index (χ1n) is 8.76. The fourth-order valence-electron chi connectivity index (χ4n) is 3.32. The van der Waals surface area contributed by atoms with Gasteiger partial charge in [0.2, 0.25) is 5.91 Å². The summed E-state index contributed by atoms with van der Waals surface area (Å²) in [7, 11) is 0. The van der Waals surface area contributed by atoms with Gasteiger partial charge in [0.25, 0.3) is 0 Å². The summed E-state index contributed by atoms with van der Waals surface area (Å²) in [4.78, 5) is 12.3. The average Bonchev–Trinajstić information content (AvgIpc) is 3.15. The average molecular weight is 297 g/mol. The van der Waals surface area contributed by atoms with Crippen LogP contribution in [0.25, 0.3) is 0 Å². The third-order valence-electron chi connectivity index (χ3n) is 4.66. The molecule has 3 atom stereocenters. The van der Waals surface area contributed by atoms with E-state index in [1.165, 1.54) is 25.7 Å². The van der Waals surface area contributed by atoms with Gasteiger partial charge in [-0.05, 0) is 51.9 Å². The molecule has 0 unspecified atom stereocenters. The van der Waals surface area contributed by atoms with Crippen molar-refractivity contribution in [2.45, 2.75) is 96.0 Å². The third-order valence-corrected chi connectivity index (χ3v) is 4.66. The minimum absolute atomic E-state index is 0.0595. The van der Waals surface area contributed by atoms with Crippen molar-refractivity contribution in [3.63, 3.8) is 0 Å². The second-order valence-corrected chi connectivity index (χ2v) is 6.56. The zero-order valence-electron chi connectivity index (χ0n) is 13.6. The maximum absolute atomic E-state index is 12.3. The van der Waals surface area contributed by atoms with Gasteiger partial charge in [-0.3, -0.25) is 4.79 Å². The Bertz CT molecular complexity index is 309. The van der Waals surface area contributed by atoms with Crippen molar-refractivity contribution in [2.75, 3.05) is 6.61 Å². The van der Waals surface area contributed by atoms with Crippen LogP contribution in [0.5, 0.6) is 0 Å². The summed E-state index contributed by atoms with van der Waals surface area (Å²) in [5.41, 5.74) is 0. The number of hydrogen-bond donors (Lipinski definition) is 1. The van der Waals surface area contributed by atoms with E-state index in [1.54, 1.807) is 0 Å². The Morgan fingerprint density at radius 2 is 2.05 bits per heavy atom. The van der Waals surface area contributed by atoms with Gasteiger partial charge >= 0.3 is 0 Å². The quantitative estimate of drug-likeness (QED) is 0.748. The number of rotatable bonds is 8. The molecule has 2 rings (SSSR count). The Kier molecular flexibility index (Phi) is 6.97. The molecule has 2 fully saturated rings. The lowest BCUT2D eigenvalue weighted by atomic mass is 10.1. The summed E-state index contributed by atoms with van der Waals surface area (Å²) < 4.78 is 11.6. The molecule has 0 spiro atoms. The predicted molar refractivity (Wildman–Crippen MR) is 83.2 cm³/mol. The fourth-order valence-corrected chi connectivity index (χ4v) is 3.32. The van der Waals surface area contributed by atoms with E-state index in [0.717, 1.165) is 38.7 Å². The zero-order valence-corrected chi connectivity index (χ0v) is 13.6. The van der Waals surface area contributed by atoms with Crippen LogP contribution < -0.4 is 5.32 Å². The molecular formula is C17H31NO3. The van der Waals surface area contributed by atoms with Crippen LogP contribution in [0.1, 0.15) is 71.6 Å². The lowest BCUT2D eigenvalue weighted by Gasteiger charge is -2.23. The molecule has 0 bridgehead atoms. The van der Waals surface area contributed by atoms with Gasteiger partial charge in [-0.2, -0.15) is 0 Å². The standard InChI is InChI=1S/C17H31NO3/c1-3-16(21-15-7-4-5-8-15)17(19)18-13(2)10-11-14-9-6-12-20-14/h13-16H,3-12H2,1-2H3,(H,18,19)/t13-,14+,16-/m0/s1. The molecule has 1 aliphatic carbocycles. The summed E-state index contributed by atoms with van der Waals surface area (Å²) in [6, 6.07) is 0.197. The molecule has 4 nitrogen and oxygen atoms in total. The van der Waals surface area contributed by atoms with Crippen molar-refractivity contribution in [3.05, 3.63) is 0 Å². The largest absolute Gasteiger partial charge is 0.378 e. The Balaban J connectivity index is 1.67. The van der Waals surface area contributed by atoms with Crippen LogP contribution in [0, 0.1) is 0 Å². The highest BCUT2D eigenvalue weighted by molar-refractivity contribution is 5.80. The van der Waals surface area contributed by atoms with Gasteiger partial charge in [-0.15, -0.1) is 0 Å². The molecule has 2 aliphatic rings. The second-order valence-electron chi connectivity index (χ2n) is 6.56. The lowest BCUT2D eigenvalue weighted by Crippen LogP contribution is -2.42. The Hall–Kier alpha value is -0.610. The SMILES string of the molecule is CC[C@H](OC1CCCC1)C(=O)N[C@@H](C)CC[C@H]1CCCO1. The third kappa shape index (κ3) is 5.59. The van der Waals surface area contributed by atoms with Crippen molar-refractivity contribution < 1.29 is 14.3 Å². The molecule has 0 aromatic carbocycles. The molecule has 4 heteroatoms. The van der Waals surface area contributed by atoms with Crippen LogP contribution in [0.4, 0.5) is 0 Å². The van der Waals surface area contributed by atoms with E-state index < -0.39 is 0 Å². The van der Waals surface area contributed by atoms with Crippen LogP contribution in [0.15, 0.2) is 0 Å². The van der Waals surface area contributed by atoms with E-state index in [4.69, 9.17) is 9.47 Å². The smallest absolute Gasteiger partial charge is 0.249 e. The van der Waals surface area contributed by atoms with E-state index in [1.807, 2.05) is 6.92 Å². The van der Waals surface area contributed by atoms with E-state index in [9.17, 15) is 4.79 Å². The van der Waals surface area contributed by atoms with E-state index in [2.05, 4.69) is 12.2 Å². The van der Waals surface area contributed by atoms with Gasteiger partial charge in [0.1, 0.15) is 6.10 Å². The summed E-state index contributed by atoms with van der Waals surface area (Å²) >= 11 is 0. The molecule has 0 radical (unpaired) electrons. The molecule has 1 N–H and O–H groups in total. The lowest BCUT2D eigenvalue weighted by molar-refractivity contribution is -0.137. The molecule has 0 aromatic rings. The molecule has 122 valence electrons. The molecule has 0 aromatic heterocycles. The van der Waals surface area contributed by atoms with Crippen LogP contribution >= 0.6 is 0 Å². The van der Waals surface area contributed by atoms with Gasteiger partial charge in [-0.1, -0.05) is 19.8 Å². The minimum atomic E-state index is -0.279. The molecule has 21 heavy (non-hydrogen) atoms. The van der Waals surface area contributed by atoms with Gasteiger partial charge in [0.05, 0.1) is 12.2 Å². The molecule has 1 saturated carbocycles. The highest BCUT2D eigenvalue weighted by Gasteiger charge is 2.25. The van der Waals surface area contributed by atoms with Crippen molar-refractivity contribution in [1.29, 1.82) is 0 Å². The normalized spacial score (nSPS) is 25.9. The van der Waals surface area contributed by atoms with Crippen LogP contribution in [0.3, 0.4) is 0 Å². The van der Waals surface area contributed by atoms with Gasteiger partial charge < -0.3 is 14.8 Å². The Morgan fingerprint density at radius 3 is 2.67 bits per heavy atom. The summed E-state index contributed by atoms with van der Waals surface area (Å²) in [6.07, 6.45) is 10.2. The highest BCUT2D eigenvalue weighted by Crippen LogP contribution is 2.23. The highest BCUT2D eigenvalue weighted by atomic mass is 16.5. The first-order chi connectivity index (χ1) is 10.2. The van der Waals surface area contributed by atoms with Crippen LogP contribution in [-0.2, 0) is 14.3 Å². The van der Waals surface area contributed by atoms with E-state index in [0.29, 0.717) is 12.2 Å². The first-order valence-corrected chi connectivity index (χ1v) is 8.76. The van der Waals surface area contributed by atoms with Gasteiger partial charge in [0.15, 0.2) is 0 Å². The van der Waals surface area contributed by atoms with Crippen molar-refractivity contribution in [3.8, 4) is 0 Å². The topological polar surface area (TPSA) is 47.6 Å². The van der Waals surface area contributed by atoms with Gasteiger partial charge in [0, 0.05) is 12.6 Å². The molecule has 1 heterocycles. The summed E-state index contributed by atoms with van der Waals surface area (Å²) in [5, 5.41) is 3.11. The molecule has 1 amide bonds. The summed E-state index contributed by atoms with van der Waals surface area (Å²) in [5.74, 6) is 0.0595. The number of hydrogen-bond acceptors (Lipinski definition) is 3. The van der Waals surface area contributed by atoms with Crippen molar-refractivity contribution >= 4 is 5.91 Å². The number of ether oxygens (including phenoxy) is 2. The Labute approximate surface area is 129 Å². The molecule has 1 aliphatic heterocycles. The second kappa shape index (κ2) is 8.74. The first kappa shape index (κ1) is 16.8. The van der Waals surface area contributed by atoms with Gasteiger partial charge in [-0.25, -0.2) is 0 Å². The summed E-state index contributed by atoms with van der Waals surface area (Å²) in [6.45, 7) is 5.00. The number of amides is 1. The van der Waals surface area contributed by atoms with E-state index >= 15 is 0 Å². The number of nitrogens with one attached hydrogen (secondary N) is 1. The fraction of sp³-hybridized carbons (Fsp3) is 0.941. The predicted octanol–water partition coefficient (Wildman–Crippen LogP) is 3.19. The van der Waals surface area contributed by atoms with Crippen LogP contribution in [0.2, 0.25) is 0 Å². The Morgan fingerprint density at radius 1 is 1.29 bits per heavy atom. The zero-order chi connectivity index (χ0) is 15.1. The molecular weight excluding hydrogens is 266 g/mol.